The molecule has 0 aliphatic heterocycles. The molecule has 0 unspecified atom stereocenters. The molecule has 0 amide bonds. The number of aryl methyl sites for hydroxylation is 1. The number of carboxylic acids is 1. The number of rotatable bonds is 6. The molecule has 1 N–H and O–H groups in total. The molecule has 1 fully saturated rings. The third-order valence-corrected chi connectivity index (χ3v) is 4.91. The molecule has 20 heavy (non-hydrogen) atoms. The van der Waals surface area contributed by atoms with Crippen molar-refractivity contribution in [2.24, 2.45) is 5.92 Å². The highest BCUT2D eigenvalue weighted by Gasteiger charge is 2.22. The Bertz CT molecular complexity index is 652. The maximum absolute atomic E-state index is 10.8. The van der Waals surface area contributed by atoms with Crippen LogP contribution in [-0.2, 0) is 11.3 Å². The highest BCUT2D eigenvalue weighted by Crippen LogP contribution is 2.34. The Balaban J connectivity index is 1.92. The molecule has 0 bridgehead atoms. The topological polar surface area (TPSA) is 55.1 Å². The van der Waals surface area contributed by atoms with Gasteiger partial charge in [-0.25, -0.2) is 4.98 Å². The SMILES string of the molecule is O=C(O)CSc1nc2ccc(Br)cc2n1CCC1CC1. The largest absolute Gasteiger partial charge is 0.481 e. The minimum Gasteiger partial charge on any atom is -0.481 e. The van der Waals surface area contributed by atoms with E-state index in [9.17, 15) is 4.79 Å². The van der Waals surface area contributed by atoms with E-state index in [-0.39, 0.29) is 5.75 Å². The summed E-state index contributed by atoms with van der Waals surface area (Å²) in [6.07, 6.45) is 3.81. The quantitative estimate of drug-likeness (QED) is 0.802. The molecular weight excluding hydrogens is 340 g/mol. The van der Waals surface area contributed by atoms with E-state index in [1.165, 1.54) is 24.6 Å². The Hall–Kier alpha value is -1.01. The lowest BCUT2D eigenvalue weighted by atomic mass is 10.3. The highest BCUT2D eigenvalue weighted by molar-refractivity contribution is 9.10. The van der Waals surface area contributed by atoms with Gasteiger partial charge in [-0.2, -0.15) is 0 Å². The van der Waals surface area contributed by atoms with E-state index in [0.29, 0.717) is 0 Å². The summed E-state index contributed by atoms with van der Waals surface area (Å²) in [6.45, 7) is 0.916. The number of hydrogen-bond acceptors (Lipinski definition) is 3. The van der Waals surface area contributed by atoms with E-state index in [1.807, 2.05) is 12.1 Å². The molecule has 0 radical (unpaired) electrons. The Morgan fingerprint density at radius 1 is 1.50 bits per heavy atom. The van der Waals surface area contributed by atoms with Crippen LogP contribution in [0.1, 0.15) is 19.3 Å². The fourth-order valence-electron chi connectivity index (χ4n) is 2.24. The van der Waals surface area contributed by atoms with Gasteiger partial charge in [0.1, 0.15) is 0 Å². The molecule has 0 spiro atoms. The first kappa shape index (κ1) is 13.9. The Labute approximate surface area is 129 Å². The highest BCUT2D eigenvalue weighted by atomic mass is 79.9. The third-order valence-electron chi connectivity index (χ3n) is 3.46. The van der Waals surface area contributed by atoms with Crippen LogP contribution >= 0.6 is 27.7 Å². The first-order valence-corrected chi connectivity index (χ1v) is 8.42. The monoisotopic (exact) mass is 354 g/mol. The molecule has 106 valence electrons. The molecule has 1 saturated carbocycles. The van der Waals surface area contributed by atoms with Crippen molar-refractivity contribution in [1.82, 2.24) is 9.55 Å². The van der Waals surface area contributed by atoms with Gasteiger partial charge in [0, 0.05) is 11.0 Å². The molecule has 4 nitrogen and oxygen atoms in total. The minimum absolute atomic E-state index is 0.0495. The number of hydrogen-bond donors (Lipinski definition) is 1. The normalized spacial score (nSPS) is 14.8. The Kier molecular flexibility index (Phi) is 4.03. The van der Waals surface area contributed by atoms with Gasteiger partial charge in [0.2, 0.25) is 0 Å². The van der Waals surface area contributed by atoms with Gasteiger partial charge in [-0.1, -0.05) is 40.5 Å². The van der Waals surface area contributed by atoms with Crippen LogP contribution in [-0.4, -0.2) is 26.4 Å². The first-order valence-electron chi connectivity index (χ1n) is 6.64. The van der Waals surface area contributed by atoms with Crippen molar-refractivity contribution >= 4 is 44.7 Å². The van der Waals surface area contributed by atoms with Crippen molar-refractivity contribution < 1.29 is 9.90 Å². The number of imidazole rings is 1. The van der Waals surface area contributed by atoms with Gasteiger partial charge in [-0.15, -0.1) is 0 Å². The zero-order valence-electron chi connectivity index (χ0n) is 10.9. The van der Waals surface area contributed by atoms with E-state index in [4.69, 9.17) is 5.11 Å². The van der Waals surface area contributed by atoms with Crippen molar-refractivity contribution in [3.05, 3.63) is 22.7 Å². The molecule has 6 heteroatoms. The summed E-state index contributed by atoms with van der Waals surface area (Å²) in [5, 5.41) is 9.65. The molecule has 2 aromatic rings. The number of nitrogens with zero attached hydrogens (tertiary/aromatic N) is 2. The fourth-order valence-corrected chi connectivity index (χ4v) is 3.35. The van der Waals surface area contributed by atoms with Gasteiger partial charge in [0.25, 0.3) is 0 Å². The van der Waals surface area contributed by atoms with E-state index >= 15 is 0 Å². The standard InChI is InChI=1S/C14H15BrN2O2S/c15-10-3-4-11-12(7-10)17(6-5-9-1-2-9)14(16-11)20-8-13(18)19/h3-4,7,9H,1-2,5-6,8H2,(H,18,19). The lowest BCUT2D eigenvalue weighted by Crippen LogP contribution is -2.04. The summed E-state index contributed by atoms with van der Waals surface area (Å²) in [4.78, 5) is 15.3. The summed E-state index contributed by atoms with van der Waals surface area (Å²) in [5.74, 6) is 0.0855. The lowest BCUT2D eigenvalue weighted by molar-refractivity contribution is -0.133. The Morgan fingerprint density at radius 3 is 3.00 bits per heavy atom. The van der Waals surface area contributed by atoms with Crippen LogP contribution in [0.2, 0.25) is 0 Å². The minimum atomic E-state index is -0.808. The van der Waals surface area contributed by atoms with Crippen LogP contribution in [0.3, 0.4) is 0 Å². The molecule has 1 aromatic heterocycles. The van der Waals surface area contributed by atoms with Gasteiger partial charge in [-0.05, 0) is 30.5 Å². The molecule has 1 aliphatic rings. The van der Waals surface area contributed by atoms with E-state index < -0.39 is 5.97 Å². The van der Waals surface area contributed by atoms with Crippen LogP contribution < -0.4 is 0 Å². The van der Waals surface area contributed by atoms with Gasteiger partial charge < -0.3 is 9.67 Å². The predicted molar refractivity (Wildman–Crippen MR) is 83.1 cm³/mol. The van der Waals surface area contributed by atoms with E-state index in [2.05, 4.69) is 31.5 Å². The number of aliphatic carboxylic acids is 1. The number of carbonyl (C=O) groups is 1. The summed E-state index contributed by atoms with van der Waals surface area (Å²) in [5.41, 5.74) is 2.00. The third kappa shape index (κ3) is 3.17. The Morgan fingerprint density at radius 2 is 2.30 bits per heavy atom. The second-order valence-corrected chi connectivity index (χ2v) is 6.95. The van der Waals surface area contributed by atoms with Gasteiger partial charge in [-0.3, -0.25) is 4.79 Å². The lowest BCUT2D eigenvalue weighted by Gasteiger charge is -2.07. The molecule has 0 saturated heterocycles. The average Bonchev–Trinajstić information content (AvgIpc) is 3.16. The van der Waals surface area contributed by atoms with Gasteiger partial charge >= 0.3 is 5.97 Å². The van der Waals surface area contributed by atoms with Crippen molar-refractivity contribution in [3.63, 3.8) is 0 Å². The maximum atomic E-state index is 10.8. The average molecular weight is 355 g/mol. The summed E-state index contributed by atoms with van der Waals surface area (Å²) in [6, 6.07) is 5.99. The van der Waals surface area contributed by atoms with Crippen LogP contribution in [0.4, 0.5) is 0 Å². The van der Waals surface area contributed by atoms with Crippen molar-refractivity contribution in [1.29, 1.82) is 0 Å². The second-order valence-electron chi connectivity index (χ2n) is 5.09. The zero-order valence-corrected chi connectivity index (χ0v) is 13.3. The molecule has 1 aromatic carbocycles. The maximum Gasteiger partial charge on any atom is 0.313 e. The summed E-state index contributed by atoms with van der Waals surface area (Å²) >= 11 is 4.78. The first-order chi connectivity index (χ1) is 9.63. The second kappa shape index (κ2) is 5.77. The summed E-state index contributed by atoms with van der Waals surface area (Å²) < 4.78 is 3.18. The zero-order chi connectivity index (χ0) is 14.1. The van der Waals surface area contributed by atoms with E-state index in [1.54, 1.807) is 0 Å². The smallest absolute Gasteiger partial charge is 0.313 e. The number of thioether (sulfide) groups is 1. The van der Waals surface area contributed by atoms with E-state index in [0.717, 1.165) is 39.5 Å². The predicted octanol–water partition coefficient (Wildman–Crippen LogP) is 3.78. The van der Waals surface area contributed by atoms with Crippen molar-refractivity contribution in [2.75, 3.05) is 5.75 Å². The number of carboxylic acid groups (broad SMARTS) is 1. The molecular formula is C14H15BrN2O2S. The fraction of sp³-hybridized carbons (Fsp3) is 0.429. The van der Waals surface area contributed by atoms with Crippen LogP contribution in [0.15, 0.2) is 27.8 Å². The number of benzene rings is 1. The van der Waals surface area contributed by atoms with Crippen LogP contribution in [0.5, 0.6) is 0 Å². The molecule has 3 rings (SSSR count). The molecule has 1 aliphatic carbocycles. The van der Waals surface area contributed by atoms with Gasteiger partial charge in [0.05, 0.1) is 16.8 Å². The number of halogens is 1. The summed E-state index contributed by atoms with van der Waals surface area (Å²) in [7, 11) is 0. The van der Waals surface area contributed by atoms with Crippen LogP contribution in [0.25, 0.3) is 11.0 Å². The van der Waals surface area contributed by atoms with Crippen molar-refractivity contribution in [2.45, 2.75) is 31.0 Å². The van der Waals surface area contributed by atoms with Gasteiger partial charge in [0.15, 0.2) is 5.16 Å². The molecule has 0 atom stereocenters. The number of aromatic nitrogens is 2. The van der Waals surface area contributed by atoms with Crippen LogP contribution in [0, 0.1) is 5.92 Å². The molecule has 1 heterocycles. The number of fused-ring (bicyclic) bond motifs is 1. The van der Waals surface area contributed by atoms with Crippen molar-refractivity contribution in [3.8, 4) is 0 Å².